The topological polar surface area (TPSA) is 26.0 Å². The van der Waals surface area contributed by atoms with E-state index in [1.165, 1.54) is 62.5 Å². The van der Waals surface area contributed by atoms with Crippen LogP contribution in [0.4, 0.5) is 0 Å². The molecule has 20 heavy (non-hydrogen) atoms. The summed E-state index contributed by atoms with van der Waals surface area (Å²) in [5.74, 6) is 0. The Morgan fingerprint density at radius 2 is 1.55 bits per heavy atom. The Kier molecular flexibility index (Phi) is 8.97. The zero-order valence-corrected chi connectivity index (χ0v) is 13.9. The smallest absolute Gasteiger partial charge is 0.0411 e. The number of aryl methyl sites for hydroxylation is 1. The highest BCUT2D eigenvalue weighted by molar-refractivity contribution is 6.30. The number of hydrogen-bond donors (Lipinski definition) is 1. The normalized spacial score (nSPS) is 12.6. The molecule has 114 valence electrons. The highest BCUT2D eigenvalue weighted by Crippen LogP contribution is 2.23. The zero-order valence-electron chi connectivity index (χ0n) is 13.1. The first-order valence-electron chi connectivity index (χ1n) is 8.16. The van der Waals surface area contributed by atoms with E-state index >= 15 is 0 Å². The number of hydrogen-bond acceptors (Lipinski definition) is 1. The number of unbranched alkanes of at least 4 members (excludes halogenated alkanes) is 7. The average molecular weight is 296 g/mol. The van der Waals surface area contributed by atoms with Gasteiger partial charge in [-0.25, -0.2) is 0 Å². The molecule has 2 N–H and O–H groups in total. The van der Waals surface area contributed by atoms with E-state index in [-0.39, 0.29) is 6.04 Å². The second-order valence-corrected chi connectivity index (χ2v) is 6.37. The van der Waals surface area contributed by atoms with Crippen molar-refractivity contribution in [2.75, 3.05) is 0 Å². The van der Waals surface area contributed by atoms with Gasteiger partial charge < -0.3 is 5.73 Å². The van der Waals surface area contributed by atoms with E-state index in [0.29, 0.717) is 0 Å². The molecule has 0 fully saturated rings. The van der Waals surface area contributed by atoms with E-state index < -0.39 is 0 Å². The Morgan fingerprint density at radius 3 is 2.15 bits per heavy atom. The van der Waals surface area contributed by atoms with Crippen molar-refractivity contribution in [3.05, 3.63) is 34.3 Å². The molecule has 1 nitrogen and oxygen atoms in total. The van der Waals surface area contributed by atoms with Gasteiger partial charge in [0.15, 0.2) is 0 Å². The lowest BCUT2D eigenvalue weighted by Gasteiger charge is -2.13. The molecule has 0 amide bonds. The molecule has 0 aliphatic heterocycles. The lowest BCUT2D eigenvalue weighted by molar-refractivity contribution is 0.536. The van der Waals surface area contributed by atoms with E-state index in [1.807, 2.05) is 12.1 Å². The third-order valence-corrected chi connectivity index (χ3v) is 4.08. The van der Waals surface area contributed by atoms with E-state index in [1.54, 1.807) is 0 Å². The van der Waals surface area contributed by atoms with Crippen molar-refractivity contribution in [2.24, 2.45) is 5.73 Å². The molecule has 0 saturated carbocycles. The summed E-state index contributed by atoms with van der Waals surface area (Å²) in [6, 6.07) is 6.27. The molecule has 1 atom stereocenters. The van der Waals surface area contributed by atoms with Crippen LogP contribution >= 0.6 is 11.6 Å². The van der Waals surface area contributed by atoms with Crippen LogP contribution in [0.3, 0.4) is 0 Å². The van der Waals surface area contributed by atoms with Gasteiger partial charge in [-0.2, -0.15) is 0 Å². The molecule has 0 bridgehead atoms. The van der Waals surface area contributed by atoms with Crippen molar-refractivity contribution in [3.8, 4) is 0 Å². The standard InChI is InChI=1S/C18H30ClN/c1-3-4-5-6-7-8-9-10-11-18(20)16-12-15(2)13-17(19)14-16/h12-14,18H,3-11,20H2,1-2H3. The largest absolute Gasteiger partial charge is 0.324 e. The van der Waals surface area contributed by atoms with Gasteiger partial charge >= 0.3 is 0 Å². The monoisotopic (exact) mass is 295 g/mol. The summed E-state index contributed by atoms with van der Waals surface area (Å²) >= 11 is 6.08. The van der Waals surface area contributed by atoms with Crippen LogP contribution in [0.2, 0.25) is 5.02 Å². The summed E-state index contributed by atoms with van der Waals surface area (Å²) in [5.41, 5.74) is 8.63. The fourth-order valence-corrected chi connectivity index (χ4v) is 2.94. The van der Waals surface area contributed by atoms with Crippen LogP contribution in [0.25, 0.3) is 0 Å². The SMILES string of the molecule is CCCCCCCCCCC(N)c1cc(C)cc(Cl)c1. The third kappa shape index (κ3) is 7.31. The lowest BCUT2D eigenvalue weighted by atomic mass is 9.99. The van der Waals surface area contributed by atoms with Crippen LogP contribution in [0.15, 0.2) is 18.2 Å². The minimum Gasteiger partial charge on any atom is -0.324 e. The third-order valence-electron chi connectivity index (χ3n) is 3.86. The fourth-order valence-electron chi connectivity index (χ4n) is 2.64. The maximum absolute atomic E-state index is 6.25. The first-order chi connectivity index (χ1) is 9.63. The maximum Gasteiger partial charge on any atom is 0.0411 e. The van der Waals surface area contributed by atoms with E-state index in [9.17, 15) is 0 Å². The van der Waals surface area contributed by atoms with Crippen molar-refractivity contribution < 1.29 is 0 Å². The highest BCUT2D eigenvalue weighted by atomic mass is 35.5. The minimum absolute atomic E-state index is 0.132. The van der Waals surface area contributed by atoms with Crippen molar-refractivity contribution in [1.29, 1.82) is 0 Å². The maximum atomic E-state index is 6.25. The van der Waals surface area contributed by atoms with Crippen molar-refractivity contribution in [2.45, 2.75) is 77.7 Å². The predicted octanol–water partition coefficient (Wildman–Crippen LogP) is 6.18. The summed E-state index contributed by atoms with van der Waals surface area (Å²) in [6.45, 7) is 4.33. The molecule has 0 saturated heterocycles. The Hall–Kier alpha value is -0.530. The van der Waals surface area contributed by atoms with Gasteiger partial charge in [-0.05, 0) is 36.6 Å². The first-order valence-corrected chi connectivity index (χ1v) is 8.54. The molecule has 0 heterocycles. The van der Waals surface area contributed by atoms with Gasteiger partial charge in [0.05, 0.1) is 0 Å². The molecule has 0 spiro atoms. The first kappa shape index (κ1) is 17.5. The number of benzene rings is 1. The molecule has 0 radical (unpaired) electrons. The van der Waals surface area contributed by atoms with Gasteiger partial charge in [-0.1, -0.05) is 76.0 Å². The lowest BCUT2D eigenvalue weighted by Crippen LogP contribution is -2.10. The average Bonchev–Trinajstić information content (AvgIpc) is 2.40. The molecule has 1 rings (SSSR count). The van der Waals surface area contributed by atoms with Crippen LogP contribution in [0, 0.1) is 6.92 Å². The second-order valence-electron chi connectivity index (χ2n) is 5.93. The van der Waals surface area contributed by atoms with Gasteiger partial charge in [0.1, 0.15) is 0 Å². The molecular formula is C18H30ClN. The molecule has 1 aromatic rings. The molecular weight excluding hydrogens is 266 g/mol. The van der Waals surface area contributed by atoms with Crippen LogP contribution in [-0.4, -0.2) is 0 Å². The quantitative estimate of drug-likeness (QED) is 0.512. The van der Waals surface area contributed by atoms with Crippen molar-refractivity contribution >= 4 is 11.6 Å². The van der Waals surface area contributed by atoms with Crippen molar-refractivity contribution in [1.82, 2.24) is 0 Å². The fraction of sp³-hybridized carbons (Fsp3) is 0.667. The molecule has 0 aliphatic carbocycles. The Morgan fingerprint density at radius 1 is 0.950 bits per heavy atom. The second kappa shape index (κ2) is 10.2. The van der Waals surface area contributed by atoms with E-state index in [0.717, 1.165) is 11.4 Å². The molecule has 1 aromatic carbocycles. The minimum atomic E-state index is 0.132. The Bertz CT molecular complexity index is 355. The van der Waals surface area contributed by atoms with Gasteiger partial charge in [-0.15, -0.1) is 0 Å². The summed E-state index contributed by atoms with van der Waals surface area (Å²) in [4.78, 5) is 0. The van der Waals surface area contributed by atoms with Gasteiger partial charge in [-0.3, -0.25) is 0 Å². The van der Waals surface area contributed by atoms with Crippen LogP contribution in [0.1, 0.15) is 81.9 Å². The van der Waals surface area contributed by atoms with Crippen LogP contribution < -0.4 is 5.73 Å². The predicted molar refractivity (Wildman–Crippen MR) is 90.3 cm³/mol. The van der Waals surface area contributed by atoms with Crippen LogP contribution in [0.5, 0.6) is 0 Å². The zero-order chi connectivity index (χ0) is 14.8. The Balaban J connectivity index is 2.15. The molecule has 0 aliphatic rings. The van der Waals surface area contributed by atoms with Gasteiger partial charge in [0.2, 0.25) is 0 Å². The summed E-state index contributed by atoms with van der Waals surface area (Å²) < 4.78 is 0. The molecule has 1 unspecified atom stereocenters. The summed E-state index contributed by atoms with van der Waals surface area (Å²) in [5, 5.41) is 0.798. The summed E-state index contributed by atoms with van der Waals surface area (Å²) in [6.07, 6.45) is 11.8. The van der Waals surface area contributed by atoms with E-state index in [2.05, 4.69) is 19.9 Å². The molecule has 0 aromatic heterocycles. The van der Waals surface area contributed by atoms with Crippen molar-refractivity contribution in [3.63, 3.8) is 0 Å². The van der Waals surface area contributed by atoms with E-state index in [4.69, 9.17) is 17.3 Å². The highest BCUT2D eigenvalue weighted by Gasteiger charge is 2.07. The number of halogens is 1. The van der Waals surface area contributed by atoms with Gasteiger partial charge in [0, 0.05) is 11.1 Å². The van der Waals surface area contributed by atoms with Crippen LogP contribution in [-0.2, 0) is 0 Å². The Labute approximate surface area is 129 Å². The number of nitrogens with two attached hydrogens (primary N) is 1. The van der Waals surface area contributed by atoms with Gasteiger partial charge in [0.25, 0.3) is 0 Å². The number of rotatable bonds is 10. The molecule has 2 heteroatoms. The summed E-state index contributed by atoms with van der Waals surface area (Å²) in [7, 11) is 0.